The molecule has 3 heterocycles. The minimum absolute atomic E-state index is 0.0115. The molecule has 5 nitrogen and oxygen atoms in total. The molecule has 0 aliphatic rings. The number of benzene rings is 1. The highest BCUT2D eigenvalue weighted by atomic mass is 32.1. The van der Waals surface area contributed by atoms with Gasteiger partial charge in [-0.1, -0.05) is 24.3 Å². The van der Waals surface area contributed by atoms with Crippen molar-refractivity contribution in [2.24, 2.45) is 0 Å². The van der Waals surface area contributed by atoms with Crippen LogP contribution in [-0.2, 0) is 17.6 Å². The van der Waals surface area contributed by atoms with Crippen LogP contribution in [0.25, 0.3) is 21.5 Å². The van der Waals surface area contributed by atoms with Gasteiger partial charge in [0.2, 0.25) is 5.91 Å². The Morgan fingerprint density at radius 2 is 1.96 bits per heavy atom. The average molecular weight is 380 g/mol. The second kappa shape index (κ2) is 7.72. The Morgan fingerprint density at radius 1 is 1.08 bits per heavy atom. The number of pyridine rings is 1. The molecular weight excluding hydrogens is 364 g/mol. The first-order valence-corrected chi connectivity index (χ1v) is 9.91. The average Bonchev–Trinajstić information content (AvgIpc) is 3.30. The molecule has 0 spiro atoms. The van der Waals surface area contributed by atoms with Gasteiger partial charge in [0.25, 0.3) is 0 Å². The zero-order valence-corrected chi connectivity index (χ0v) is 15.5. The fourth-order valence-electron chi connectivity index (χ4n) is 2.65. The van der Waals surface area contributed by atoms with E-state index < -0.39 is 0 Å². The number of hydrogen-bond acceptors (Lipinski definition) is 6. The standard InChI is InChI=1S/C19H16N4OS2/c24-18(11-15-13-5-1-2-7-17(13)26-23-15)21-10-8-19-22-16(12-25-19)14-6-3-4-9-20-14/h1-7,9,12H,8,10-11H2,(H,21,24). The van der Waals surface area contributed by atoms with Gasteiger partial charge in [-0.15, -0.1) is 11.3 Å². The summed E-state index contributed by atoms with van der Waals surface area (Å²) in [7, 11) is 0. The Balaban J connectivity index is 1.31. The van der Waals surface area contributed by atoms with Crippen molar-refractivity contribution in [2.75, 3.05) is 6.54 Å². The van der Waals surface area contributed by atoms with E-state index in [1.807, 2.05) is 47.8 Å². The summed E-state index contributed by atoms with van der Waals surface area (Å²) in [6.07, 6.45) is 2.78. The van der Waals surface area contributed by atoms with Crippen molar-refractivity contribution in [1.29, 1.82) is 0 Å². The summed E-state index contributed by atoms with van der Waals surface area (Å²) in [6, 6.07) is 13.8. The number of fused-ring (bicyclic) bond motifs is 1. The van der Waals surface area contributed by atoms with Crippen molar-refractivity contribution in [1.82, 2.24) is 19.7 Å². The lowest BCUT2D eigenvalue weighted by Gasteiger charge is -2.03. The molecule has 0 saturated carbocycles. The van der Waals surface area contributed by atoms with Crippen molar-refractivity contribution in [2.45, 2.75) is 12.8 Å². The van der Waals surface area contributed by atoms with Gasteiger partial charge in [-0.25, -0.2) is 4.98 Å². The molecule has 4 rings (SSSR count). The predicted octanol–water partition coefficient (Wildman–Crippen LogP) is 3.72. The molecule has 4 aromatic rings. The first-order valence-electron chi connectivity index (χ1n) is 8.25. The minimum atomic E-state index is -0.0115. The third-order valence-electron chi connectivity index (χ3n) is 3.92. The van der Waals surface area contributed by atoms with E-state index in [1.54, 1.807) is 17.5 Å². The normalized spacial score (nSPS) is 10.9. The molecule has 7 heteroatoms. The van der Waals surface area contributed by atoms with Crippen molar-refractivity contribution in [3.05, 3.63) is 64.7 Å². The SMILES string of the molecule is O=C(Cc1nsc2ccccc12)NCCc1nc(-c2ccccn2)cs1. The van der Waals surface area contributed by atoms with Crippen LogP contribution in [0.3, 0.4) is 0 Å². The topological polar surface area (TPSA) is 67.8 Å². The second-order valence-electron chi connectivity index (χ2n) is 5.74. The van der Waals surface area contributed by atoms with Gasteiger partial charge in [0, 0.05) is 29.9 Å². The van der Waals surface area contributed by atoms with E-state index in [1.165, 1.54) is 11.5 Å². The highest BCUT2D eigenvalue weighted by molar-refractivity contribution is 7.13. The molecule has 3 aromatic heterocycles. The van der Waals surface area contributed by atoms with E-state index in [0.29, 0.717) is 19.4 Å². The Labute approximate surface area is 158 Å². The number of nitrogens with zero attached hydrogens (tertiary/aromatic N) is 3. The molecule has 130 valence electrons. The van der Waals surface area contributed by atoms with Crippen LogP contribution >= 0.6 is 22.9 Å². The number of amides is 1. The zero-order chi connectivity index (χ0) is 17.8. The lowest BCUT2D eigenvalue weighted by molar-refractivity contribution is -0.120. The number of nitrogens with one attached hydrogen (secondary N) is 1. The monoisotopic (exact) mass is 380 g/mol. The van der Waals surface area contributed by atoms with E-state index in [9.17, 15) is 4.79 Å². The van der Waals surface area contributed by atoms with Crippen LogP contribution < -0.4 is 5.32 Å². The van der Waals surface area contributed by atoms with E-state index >= 15 is 0 Å². The summed E-state index contributed by atoms with van der Waals surface area (Å²) in [5.74, 6) is -0.0115. The lowest BCUT2D eigenvalue weighted by Crippen LogP contribution is -2.27. The van der Waals surface area contributed by atoms with E-state index in [-0.39, 0.29) is 5.91 Å². The molecule has 0 unspecified atom stereocenters. The van der Waals surface area contributed by atoms with Crippen molar-refractivity contribution >= 4 is 38.9 Å². The van der Waals surface area contributed by atoms with Gasteiger partial charge in [-0.2, -0.15) is 4.37 Å². The van der Waals surface area contributed by atoms with E-state index in [4.69, 9.17) is 0 Å². The lowest BCUT2D eigenvalue weighted by atomic mass is 10.2. The fourth-order valence-corrected chi connectivity index (χ4v) is 4.23. The molecule has 1 aromatic carbocycles. The van der Waals surface area contributed by atoms with E-state index in [0.717, 1.165) is 32.2 Å². The largest absolute Gasteiger partial charge is 0.355 e. The molecule has 0 aliphatic heterocycles. The number of rotatable bonds is 6. The van der Waals surface area contributed by atoms with E-state index in [2.05, 4.69) is 19.7 Å². The maximum absolute atomic E-state index is 12.2. The molecule has 0 bridgehead atoms. The van der Waals surface area contributed by atoms with Gasteiger partial charge in [-0.05, 0) is 29.7 Å². The van der Waals surface area contributed by atoms with Crippen LogP contribution in [0.4, 0.5) is 0 Å². The zero-order valence-electron chi connectivity index (χ0n) is 13.9. The summed E-state index contributed by atoms with van der Waals surface area (Å²) in [5, 5.41) is 7.01. The number of carbonyl (C=O) groups excluding carboxylic acids is 1. The summed E-state index contributed by atoms with van der Waals surface area (Å²) in [4.78, 5) is 21.1. The van der Waals surface area contributed by atoms with Gasteiger partial charge in [0.05, 0.1) is 33.2 Å². The predicted molar refractivity (Wildman–Crippen MR) is 105 cm³/mol. The first kappa shape index (κ1) is 16.8. The summed E-state index contributed by atoms with van der Waals surface area (Å²) in [6.45, 7) is 0.566. The number of aromatic nitrogens is 3. The molecule has 0 saturated heterocycles. The quantitative estimate of drug-likeness (QED) is 0.554. The smallest absolute Gasteiger partial charge is 0.226 e. The number of thiazole rings is 1. The van der Waals surface area contributed by atoms with Crippen LogP contribution in [-0.4, -0.2) is 26.8 Å². The van der Waals surface area contributed by atoms with Crippen molar-refractivity contribution in [3.8, 4) is 11.4 Å². The molecule has 1 N–H and O–H groups in total. The van der Waals surface area contributed by atoms with Gasteiger partial charge >= 0.3 is 0 Å². The van der Waals surface area contributed by atoms with Crippen LogP contribution in [0.1, 0.15) is 10.7 Å². The molecule has 0 atom stereocenters. The van der Waals surface area contributed by atoms with Crippen LogP contribution in [0.2, 0.25) is 0 Å². The molecular formula is C19H16N4OS2. The third-order valence-corrected chi connectivity index (χ3v) is 5.69. The van der Waals surface area contributed by atoms with Gasteiger partial charge in [-0.3, -0.25) is 9.78 Å². The van der Waals surface area contributed by atoms with Crippen LogP contribution in [0.5, 0.6) is 0 Å². The number of hydrogen-bond donors (Lipinski definition) is 1. The summed E-state index contributed by atoms with van der Waals surface area (Å²) in [5.41, 5.74) is 2.59. The molecule has 1 amide bonds. The maximum atomic E-state index is 12.2. The summed E-state index contributed by atoms with van der Waals surface area (Å²) >= 11 is 3.02. The Morgan fingerprint density at radius 3 is 2.85 bits per heavy atom. The fraction of sp³-hybridized carbons (Fsp3) is 0.158. The summed E-state index contributed by atoms with van der Waals surface area (Å²) < 4.78 is 5.51. The Hall–Kier alpha value is -2.64. The van der Waals surface area contributed by atoms with Gasteiger partial charge < -0.3 is 5.32 Å². The van der Waals surface area contributed by atoms with Crippen molar-refractivity contribution in [3.63, 3.8) is 0 Å². The van der Waals surface area contributed by atoms with Crippen LogP contribution in [0, 0.1) is 0 Å². The molecule has 0 aliphatic carbocycles. The highest BCUT2D eigenvalue weighted by Crippen LogP contribution is 2.22. The van der Waals surface area contributed by atoms with Crippen molar-refractivity contribution < 1.29 is 4.79 Å². The Kier molecular flexibility index (Phi) is 4.99. The minimum Gasteiger partial charge on any atom is -0.355 e. The van der Waals surface area contributed by atoms with Gasteiger partial charge in [0.1, 0.15) is 0 Å². The maximum Gasteiger partial charge on any atom is 0.226 e. The first-order chi connectivity index (χ1) is 12.8. The molecule has 26 heavy (non-hydrogen) atoms. The number of carbonyl (C=O) groups is 1. The third kappa shape index (κ3) is 3.79. The highest BCUT2D eigenvalue weighted by Gasteiger charge is 2.11. The molecule has 0 fully saturated rings. The Bertz CT molecular complexity index is 1030. The molecule has 0 radical (unpaired) electrons. The van der Waals surface area contributed by atoms with Crippen LogP contribution in [0.15, 0.2) is 54.0 Å². The van der Waals surface area contributed by atoms with Gasteiger partial charge in [0.15, 0.2) is 0 Å². The second-order valence-corrected chi connectivity index (χ2v) is 7.49.